The molecule has 1 heterocycles. The van der Waals surface area contributed by atoms with E-state index in [4.69, 9.17) is 10.5 Å². The van der Waals surface area contributed by atoms with Crippen LogP contribution in [0.1, 0.15) is 20.8 Å². The summed E-state index contributed by atoms with van der Waals surface area (Å²) in [4.78, 5) is 25.7. The minimum absolute atomic E-state index is 0.0665. The summed E-state index contributed by atoms with van der Waals surface area (Å²) in [6.07, 6.45) is 0. The number of nitrogens with one attached hydrogen (secondary N) is 2. The minimum atomic E-state index is -0.526. The third kappa shape index (κ3) is 3.60. The maximum atomic E-state index is 11.8. The molecular weight excluding hydrogens is 248 g/mol. The molecule has 0 aliphatic rings. The van der Waals surface area contributed by atoms with Crippen LogP contribution in [0.5, 0.6) is 0 Å². The highest BCUT2D eigenvalue weighted by atomic mass is 16.5. The Bertz CT molecular complexity index is 533. The Balaban J connectivity index is 3.17. The maximum Gasteiger partial charge on any atom is 0.330 e. The SMILES string of the molecule is COCCn1c(N)c(NC(C)C(C)C)c(=O)[nH]c1=O. The number of nitrogens with zero attached hydrogens (tertiary/aromatic N) is 1. The van der Waals surface area contributed by atoms with Gasteiger partial charge in [0.25, 0.3) is 5.56 Å². The monoisotopic (exact) mass is 270 g/mol. The molecule has 108 valence electrons. The minimum Gasteiger partial charge on any atom is -0.383 e. The van der Waals surface area contributed by atoms with Crippen molar-refractivity contribution < 1.29 is 4.74 Å². The molecule has 4 N–H and O–H groups in total. The number of methoxy groups -OCH3 is 1. The van der Waals surface area contributed by atoms with Crippen molar-refractivity contribution in [3.63, 3.8) is 0 Å². The quantitative estimate of drug-likeness (QED) is 0.686. The van der Waals surface area contributed by atoms with Crippen molar-refractivity contribution in [1.82, 2.24) is 9.55 Å². The molecule has 19 heavy (non-hydrogen) atoms. The second-order valence-electron chi connectivity index (χ2n) is 4.84. The van der Waals surface area contributed by atoms with E-state index in [1.165, 1.54) is 11.7 Å². The third-order valence-electron chi connectivity index (χ3n) is 3.13. The molecule has 0 spiro atoms. The fraction of sp³-hybridized carbons (Fsp3) is 0.667. The van der Waals surface area contributed by atoms with Crippen LogP contribution >= 0.6 is 0 Å². The zero-order chi connectivity index (χ0) is 14.6. The number of aromatic nitrogens is 2. The standard InChI is InChI=1S/C12H22N4O3/c1-7(2)8(3)14-9-10(13)16(5-6-19-4)12(18)15-11(9)17/h7-8,14H,5-6,13H2,1-4H3,(H,15,17,18). The summed E-state index contributed by atoms with van der Waals surface area (Å²) in [5.41, 5.74) is 5.11. The lowest BCUT2D eigenvalue weighted by Gasteiger charge is -2.20. The number of ether oxygens (including phenoxy) is 1. The first-order chi connectivity index (χ1) is 8.88. The molecule has 0 saturated heterocycles. The number of H-pyrrole nitrogens is 1. The second-order valence-corrected chi connectivity index (χ2v) is 4.84. The van der Waals surface area contributed by atoms with E-state index < -0.39 is 11.2 Å². The first kappa shape index (κ1) is 15.3. The fourth-order valence-electron chi connectivity index (χ4n) is 1.53. The van der Waals surface area contributed by atoms with Gasteiger partial charge in [-0.05, 0) is 12.8 Å². The van der Waals surface area contributed by atoms with Gasteiger partial charge in [-0.2, -0.15) is 0 Å². The smallest absolute Gasteiger partial charge is 0.330 e. The van der Waals surface area contributed by atoms with Crippen molar-refractivity contribution >= 4 is 11.5 Å². The molecule has 1 rings (SSSR count). The Labute approximate surface area is 111 Å². The maximum absolute atomic E-state index is 11.8. The van der Waals surface area contributed by atoms with Crippen LogP contribution < -0.4 is 22.3 Å². The van der Waals surface area contributed by atoms with Gasteiger partial charge in [-0.3, -0.25) is 14.3 Å². The molecule has 0 radical (unpaired) electrons. The van der Waals surface area contributed by atoms with Gasteiger partial charge >= 0.3 is 5.69 Å². The average molecular weight is 270 g/mol. The van der Waals surface area contributed by atoms with Crippen LogP contribution in [0.4, 0.5) is 11.5 Å². The van der Waals surface area contributed by atoms with Crippen molar-refractivity contribution in [2.24, 2.45) is 5.92 Å². The highest BCUT2D eigenvalue weighted by molar-refractivity contribution is 5.60. The van der Waals surface area contributed by atoms with E-state index in [1.807, 2.05) is 20.8 Å². The largest absolute Gasteiger partial charge is 0.383 e. The number of hydrogen-bond donors (Lipinski definition) is 3. The number of anilines is 2. The summed E-state index contributed by atoms with van der Waals surface area (Å²) >= 11 is 0. The van der Waals surface area contributed by atoms with E-state index in [1.54, 1.807) is 0 Å². The number of hydrogen-bond acceptors (Lipinski definition) is 5. The summed E-state index contributed by atoms with van der Waals surface area (Å²) < 4.78 is 6.21. The summed E-state index contributed by atoms with van der Waals surface area (Å²) in [6, 6.07) is 0.0665. The van der Waals surface area contributed by atoms with E-state index in [2.05, 4.69) is 10.3 Å². The molecule has 1 aromatic heterocycles. The van der Waals surface area contributed by atoms with Crippen molar-refractivity contribution in [2.75, 3.05) is 24.8 Å². The van der Waals surface area contributed by atoms with Gasteiger partial charge in [0.05, 0.1) is 13.2 Å². The normalized spacial score (nSPS) is 12.7. The molecule has 7 nitrogen and oxygen atoms in total. The molecular formula is C12H22N4O3. The highest BCUT2D eigenvalue weighted by Gasteiger charge is 2.15. The van der Waals surface area contributed by atoms with Gasteiger partial charge in [-0.1, -0.05) is 13.8 Å². The van der Waals surface area contributed by atoms with Crippen LogP contribution in [0.15, 0.2) is 9.59 Å². The first-order valence-corrected chi connectivity index (χ1v) is 6.26. The highest BCUT2D eigenvalue weighted by Crippen LogP contribution is 2.14. The zero-order valence-electron chi connectivity index (χ0n) is 11.8. The van der Waals surface area contributed by atoms with E-state index in [9.17, 15) is 9.59 Å². The summed E-state index contributed by atoms with van der Waals surface area (Å²) in [6.45, 7) is 6.65. The zero-order valence-corrected chi connectivity index (χ0v) is 11.8. The Hall–Kier alpha value is -1.76. The lowest BCUT2D eigenvalue weighted by molar-refractivity contribution is 0.186. The molecule has 0 aliphatic heterocycles. The van der Waals surface area contributed by atoms with Gasteiger partial charge < -0.3 is 15.8 Å². The summed E-state index contributed by atoms with van der Waals surface area (Å²) in [5, 5.41) is 3.05. The Morgan fingerprint density at radius 3 is 2.53 bits per heavy atom. The van der Waals surface area contributed by atoms with Crippen LogP contribution in [-0.4, -0.2) is 29.3 Å². The van der Waals surface area contributed by atoms with Crippen LogP contribution in [0, 0.1) is 5.92 Å². The van der Waals surface area contributed by atoms with Gasteiger partial charge in [-0.15, -0.1) is 0 Å². The molecule has 1 unspecified atom stereocenters. The van der Waals surface area contributed by atoms with Crippen molar-refractivity contribution in [2.45, 2.75) is 33.4 Å². The molecule has 1 aromatic rings. The number of aromatic amines is 1. The predicted molar refractivity (Wildman–Crippen MR) is 75.5 cm³/mol. The van der Waals surface area contributed by atoms with Gasteiger partial charge in [0.2, 0.25) is 0 Å². The van der Waals surface area contributed by atoms with Crippen LogP contribution in [0.2, 0.25) is 0 Å². The topological polar surface area (TPSA) is 102 Å². The number of nitrogens with two attached hydrogens (primary N) is 1. The average Bonchev–Trinajstić information content (AvgIpc) is 2.33. The predicted octanol–water partition coefficient (Wildman–Crippen LogP) is 0.222. The van der Waals surface area contributed by atoms with Gasteiger partial charge in [-0.25, -0.2) is 4.79 Å². The summed E-state index contributed by atoms with van der Waals surface area (Å²) in [7, 11) is 1.53. The van der Waals surface area contributed by atoms with E-state index in [0.29, 0.717) is 19.1 Å². The van der Waals surface area contributed by atoms with Crippen LogP contribution in [0.25, 0.3) is 0 Å². The molecule has 7 heteroatoms. The Morgan fingerprint density at radius 2 is 2.00 bits per heavy atom. The lowest BCUT2D eigenvalue weighted by atomic mass is 10.1. The number of rotatable bonds is 6. The van der Waals surface area contributed by atoms with Crippen LogP contribution in [0.3, 0.4) is 0 Å². The second kappa shape index (κ2) is 6.42. The molecule has 0 aromatic carbocycles. The first-order valence-electron chi connectivity index (χ1n) is 6.26. The molecule has 0 bridgehead atoms. The van der Waals surface area contributed by atoms with Crippen molar-refractivity contribution in [3.8, 4) is 0 Å². The van der Waals surface area contributed by atoms with E-state index >= 15 is 0 Å². The molecule has 0 fully saturated rings. The molecule has 0 saturated carbocycles. The Kier molecular flexibility index (Phi) is 5.17. The molecule has 0 amide bonds. The van der Waals surface area contributed by atoms with Crippen molar-refractivity contribution in [1.29, 1.82) is 0 Å². The summed E-state index contributed by atoms with van der Waals surface area (Å²) in [5.74, 6) is 0.469. The van der Waals surface area contributed by atoms with Gasteiger partial charge in [0, 0.05) is 13.2 Å². The van der Waals surface area contributed by atoms with Gasteiger partial charge in [0.1, 0.15) is 11.5 Å². The van der Waals surface area contributed by atoms with E-state index in [-0.39, 0.29) is 17.5 Å². The van der Waals surface area contributed by atoms with Gasteiger partial charge in [0.15, 0.2) is 0 Å². The molecule has 0 aliphatic carbocycles. The van der Waals surface area contributed by atoms with E-state index in [0.717, 1.165) is 0 Å². The third-order valence-corrected chi connectivity index (χ3v) is 3.13. The lowest BCUT2D eigenvalue weighted by Crippen LogP contribution is -2.37. The fourth-order valence-corrected chi connectivity index (χ4v) is 1.53. The molecule has 1 atom stereocenters. The van der Waals surface area contributed by atoms with Crippen LogP contribution in [-0.2, 0) is 11.3 Å². The Morgan fingerprint density at radius 1 is 1.37 bits per heavy atom. The number of nitrogen functional groups attached to an aromatic ring is 1. The van der Waals surface area contributed by atoms with Crippen molar-refractivity contribution in [3.05, 3.63) is 20.8 Å².